The first kappa shape index (κ1) is 23.9. The van der Waals surface area contributed by atoms with Gasteiger partial charge in [-0.25, -0.2) is 9.78 Å². The van der Waals surface area contributed by atoms with Gasteiger partial charge in [-0.15, -0.1) is 0 Å². The van der Waals surface area contributed by atoms with Crippen molar-refractivity contribution in [3.05, 3.63) is 52.7 Å². The number of hydrogen-bond donors (Lipinski definition) is 1. The van der Waals surface area contributed by atoms with Crippen LogP contribution < -0.4 is 10.6 Å². The lowest BCUT2D eigenvalue weighted by Crippen LogP contribution is -2.50. The van der Waals surface area contributed by atoms with Crippen LogP contribution >= 0.6 is 0 Å². The number of aromatic nitrogens is 3. The molecule has 0 atom stereocenters. The largest absolute Gasteiger partial charge is 0.508 e. The highest BCUT2D eigenvalue weighted by Gasteiger charge is 2.32. The fourth-order valence-electron chi connectivity index (χ4n) is 5.72. The van der Waals surface area contributed by atoms with E-state index in [0.717, 1.165) is 55.5 Å². The van der Waals surface area contributed by atoms with Crippen molar-refractivity contribution < 1.29 is 9.90 Å². The molecule has 1 aromatic carbocycles. The lowest BCUT2D eigenvalue weighted by molar-refractivity contribution is -0.137. The topological polar surface area (TPSA) is 107 Å². The second-order valence-electron chi connectivity index (χ2n) is 9.85. The van der Waals surface area contributed by atoms with Crippen molar-refractivity contribution in [3.8, 4) is 11.8 Å². The van der Waals surface area contributed by atoms with E-state index in [4.69, 9.17) is 5.26 Å². The number of anilines is 1. The summed E-state index contributed by atoms with van der Waals surface area (Å²) in [4.78, 5) is 34.6. The van der Waals surface area contributed by atoms with Gasteiger partial charge in [0.2, 0.25) is 5.91 Å². The first-order valence-electron chi connectivity index (χ1n) is 12.8. The van der Waals surface area contributed by atoms with Gasteiger partial charge in [0.25, 0.3) is 0 Å². The van der Waals surface area contributed by atoms with Crippen molar-refractivity contribution in [1.82, 2.24) is 19.0 Å². The van der Waals surface area contributed by atoms with Gasteiger partial charge in [0.15, 0.2) is 0 Å². The van der Waals surface area contributed by atoms with Crippen LogP contribution in [0.15, 0.2) is 41.3 Å². The zero-order chi connectivity index (χ0) is 25.2. The number of amides is 1. The standard InChI is InChI=1S/C27H32N6O3/c1-2-32-24-10-9-23(34)15-25(24)33(27(32)36)18-19-3-5-20(6-4-19)26(35)31-13-11-30(12-14-31)22-8-7-21(16-28)29-17-22/h7-10,15,17,19-20,34H,2-6,11-14,18H2,1H3. The highest BCUT2D eigenvalue weighted by molar-refractivity contribution is 5.79. The molecule has 1 aliphatic carbocycles. The summed E-state index contributed by atoms with van der Waals surface area (Å²) >= 11 is 0. The summed E-state index contributed by atoms with van der Waals surface area (Å²) in [6.45, 7) is 6.05. The van der Waals surface area contributed by atoms with Gasteiger partial charge in [-0.1, -0.05) is 0 Å². The number of pyridine rings is 1. The number of imidazole rings is 1. The van der Waals surface area contributed by atoms with Gasteiger partial charge in [-0.3, -0.25) is 13.9 Å². The molecule has 1 aliphatic heterocycles. The molecule has 3 aromatic rings. The molecule has 1 saturated carbocycles. The predicted molar refractivity (Wildman–Crippen MR) is 137 cm³/mol. The first-order valence-corrected chi connectivity index (χ1v) is 12.8. The highest BCUT2D eigenvalue weighted by atomic mass is 16.3. The van der Waals surface area contributed by atoms with Gasteiger partial charge in [0.1, 0.15) is 17.5 Å². The van der Waals surface area contributed by atoms with Gasteiger partial charge < -0.3 is 14.9 Å². The van der Waals surface area contributed by atoms with Crippen molar-refractivity contribution in [2.24, 2.45) is 11.8 Å². The third-order valence-corrected chi connectivity index (χ3v) is 7.77. The molecule has 9 heteroatoms. The van der Waals surface area contributed by atoms with Gasteiger partial charge in [0.05, 0.1) is 22.9 Å². The van der Waals surface area contributed by atoms with E-state index in [0.29, 0.717) is 37.8 Å². The number of phenols is 1. The Kier molecular flexibility index (Phi) is 6.68. The van der Waals surface area contributed by atoms with Crippen LogP contribution in [0.25, 0.3) is 11.0 Å². The Labute approximate surface area is 210 Å². The number of carbonyl (C=O) groups excluding carboxylic acids is 1. The smallest absolute Gasteiger partial charge is 0.329 e. The van der Waals surface area contributed by atoms with Crippen LogP contribution in [0.4, 0.5) is 5.69 Å². The van der Waals surface area contributed by atoms with Crippen molar-refractivity contribution in [1.29, 1.82) is 5.26 Å². The number of nitriles is 1. The van der Waals surface area contributed by atoms with Crippen molar-refractivity contribution in [2.45, 2.75) is 45.7 Å². The molecule has 0 unspecified atom stereocenters. The number of benzene rings is 1. The third-order valence-electron chi connectivity index (χ3n) is 7.77. The molecule has 1 N–H and O–H groups in total. The second-order valence-corrected chi connectivity index (χ2v) is 9.85. The van der Waals surface area contributed by atoms with Crippen molar-refractivity contribution >= 4 is 22.6 Å². The van der Waals surface area contributed by atoms with E-state index in [9.17, 15) is 14.7 Å². The Hall–Kier alpha value is -3.80. The molecule has 5 rings (SSSR count). The van der Waals surface area contributed by atoms with Crippen LogP contribution in [0.2, 0.25) is 0 Å². The zero-order valence-electron chi connectivity index (χ0n) is 20.6. The Morgan fingerprint density at radius 2 is 1.81 bits per heavy atom. The number of aromatic hydroxyl groups is 1. The number of rotatable bonds is 5. The summed E-state index contributed by atoms with van der Waals surface area (Å²) < 4.78 is 3.54. The molecule has 2 aromatic heterocycles. The lowest BCUT2D eigenvalue weighted by Gasteiger charge is -2.38. The molecule has 2 aliphatic rings. The van der Waals surface area contributed by atoms with Crippen LogP contribution in [0, 0.1) is 23.2 Å². The monoisotopic (exact) mass is 488 g/mol. The SMILES string of the molecule is CCn1c(=O)n(CC2CCC(C(=O)N3CCN(c4ccc(C#N)nc4)CC3)CC2)c2cc(O)ccc21. The number of aryl methyl sites for hydroxylation is 1. The minimum atomic E-state index is -0.0355. The summed E-state index contributed by atoms with van der Waals surface area (Å²) in [6, 6.07) is 10.8. The van der Waals surface area contributed by atoms with Crippen LogP contribution in [0.5, 0.6) is 5.75 Å². The molecule has 188 valence electrons. The summed E-state index contributed by atoms with van der Waals surface area (Å²) in [5, 5.41) is 18.9. The average molecular weight is 489 g/mol. The van der Waals surface area contributed by atoms with E-state index >= 15 is 0 Å². The molecular formula is C27H32N6O3. The third kappa shape index (κ3) is 4.55. The molecule has 9 nitrogen and oxygen atoms in total. The Bertz CT molecular complexity index is 1340. The van der Waals surface area contributed by atoms with Gasteiger partial charge in [-0.2, -0.15) is 5.26 Å². The number of phenolic OH excluding ortho intramolecular Hbond substituents is 1. The minimum Gasteiger partial charge on any atom is -0.508 e. The van der Waals surface area contributed by atoms with Gasteiger partial charge in [0, 0.05) is 51.3 Å². The van der Waals surface area contributed by atoms with Crippen LogP contribution in [-0.4, -0.2) is 56.2 Å². The van der Waals surface area contributed by atoms with E-state index in [2.05, 4.69) is 9.88 Å². The molecule has 1 saturated heterocycles. The fraction of sp³-hybridized carbons (Fsp3) is 0.481. The van der Waals surface area contributed by atoms with E-state index in [1.54, 1.807) is 39.6 Å². The van der Waals surface area contributed by atoms with Gasteiger partial charge in [-0.05, 0) is 62.8 Å². The van der Waals surface area contributed by atoms with Crippen molar-refractivity contribution in [3.63, 3.8) is 0 Å². The first-order chi connectivity index (χ1) is 17.5. The number of fused-ring (bicyclic) bond motifs is 1. The van der Waals surface area contributed by atoms with Crippen LogP contribution in [-0.2, 0) is 17.9 Å². The minimum absolute atomic E-state index is 0.0355. The molecule has 0 bridgehead atoms. The maximum absolute atomic E-state index is 13.2. The molecule has 0 spiro atoms. The maximum atomic E-state index is 13.2. The highest BCUT2D eigenvalue weighted by Crippen LogP contribution is 2.32. The Balaban J connectivity index is 1.17. The molecule has 3 heterocycles. The normalized spacial score (nSPS) is 20.4. The van der Waals surface area contributed by atoms with E-state index < -0.39 is 0 Å². The molecule has 1 amide bonds. The zero-order valence-corrected chi connectivity index (χ0v) is 20.6. The second kappa shape index (κ2) is 10.1. The van der Waals surface area contributed by atoms with E-state index in [1.165, 1.54) is 0 Å². The number of piperazine rings is 1. The van der Waals surface area contributed by atoms with E-state index in [1.807, 2.05) is 24.0 Å². The summed E-state index contributed by atoms with van der Waals surface area (Å²) in [5.41, 5.74) is 2.97. The molecule has 2 fully saturated rings. The summed E-state index contributed by atoms with van der Waals surface area (Å²) in [7, 11) is 0. The summed E-state index contributed by atoms with van der Waals surface area (Å²) in [5.74, 6) is 0.790. The van der Waals surface area contributed by atoms with Crippen molar-refractivity contribution in [2.75, 3.05) is 31.1 Å². The average Bonchev–Trinajstić information content (AvgIpc) is 3.18. The number of hydrogen-bond acceptors (Lipinski definition) is 6. The van der Waals surface area contributed by atoms with Gasteiger partial charge >= 0.3 is 5.69 Å². The van der Waals surface area contributed by atoms with Crippen LogP contribution in [0.3, 0.4) is 0 Å². The number of carbonyl (C=O) groups is 1. The maximum Gasteiger partial charge on any atom is 0.329 e. The molecule has 36 heavy (non-hydrogen) atoms. The Morgan fingerprint density at radius 3 is 2.44 bits per heavy atom. The quantitative estimate of drug-likeness (QED) is 0.592. The molecule has 0 radical (unpaired) electrons. The van der Waals surface area contributed by atoms with E-state index in [-0.39, 0.29) is 23.3 Å². The molecular weight excluding hydrogens is 456 g/mol. The number of nitrogens with zero attached hydrogens (tertiary/aromatic N) is 6. The predicted octanol–water partition coefficient (Wildman–Crippen LogP) is 2.95. The lowest BCUT2D eigenvalue weighted by atomic mass is 9.81. The van der Waals surface area contributed by atoms with Crippen LogP contribution in [0.1, 0.15) is 38.3 Å². The Morgan fingerprint density at radius 1 is 1.06 bits per heavy atom. The fourth-order valence-corrected chi connectivity index (χ4v) is 5.72. The summed E-state index contributed by atoms with van der Waals surface area (Å²) in [6.07, 6.45) is 5.24.